The molecular weight excluding hydrogens is 249 g/mol. The van der Waals surface area contributed by atoms with Crippen molar-refractivity contribution in [3.8, 4) is 0 Å². The van der Waals surface area contributed by atoms with Crippen molar-refractivity contribution in [2.24, 2.45) is 0 Å². The number of esters is 1. The summed E-state index contributed by atoms with van der Waals surface area (Å²) < 4.78 is 42.8. The molecule has 0 aromatic carbocycles. The van der Waals surface area contributed by atoms with Crippen LogP contribution in [0.2, 0.25) is 0 Å². The summed E-state index contributed by atoms with van der Waals surface area (Å²) in [6.45, 7) is 1.13. The van der Waals surface area contributed by atoms with Gasteiger partial charge in [-0.15, -0.1) is 13.2 Å². The highest BCUT2D eigenvalue weighted by molar-refractivity contribution is 5.69. The van der Waals surface area contributed by atoms with Crippen LogP contribution in [0.4, 0.5) is 13.2 Å². The second kappa shape index (κ2) is 10.2. The first-order chi connectivity index (χ1) is 8.45. The normalized spacial score (nSPS) is 11.6. The quantitative estimate of drug-likeness (QED) is 0.447. The Hall–Kier alpha value is -0.780. The number of carbonyl (C=O) groups excluding carboxylic acids is 1. The number of hydrogen-bond acceptors (Lipinski definition) is 3. The van der Waals surface area contributed by atoms with E-state index in [-0.39, 0.29) is 13.0 Å². The van der Waals surface area contributed by atoms with Crippen LogP contribution in [0.15, 0.2) is 0 Å². The smallest absolute Gasteiger partial charge is 0.463 e. The van der Waals surface area contributed by atoms with Crippen molar-refractivity contribution >= 4 is 5.97 Å². The van der Waals surface area contributed by atoms with Gasteiger partial charge in [-0.05, 0) is 6.42 Å². The van der Waals surface area contributed by atoms with Crippen LogP contribution in [0.5, 0.6) is 0 Å². The Morgan fingerprint density at radius 1 is 1.00 bits per heavy atom. The van der Waals surface area contributed by atoms with Gasteiger partial charge in [0.1, 0.15) is 6.61 Å². The van der Waals surface area contributed by atoms with Crippen molar-refractivity contribution in [3.63, 3.8) is 0 Å². The number of unbranched alkanes of at least 4 members (excludes halogenated alkanes) is 5. The fraction of sp³-hybridized carbons (Fsp3) is 0.917. The van der Waals surface area contributed by atoms with E-state index >= 15 is 0 Å². The molecule has 0 aromatic heterocycles. The lowest BCUT2D eigenvalue weighted by atomic mass is 10.1. The van der Waals surface area contributed by atoms with Gasteiger partial charge in [-0.1, -0.05) is 39.0 Å². The zero-order valence-electron chi connectivity index (χ0n) is 10.7. The van der Waals surface area contributed by atoms with E-state index in [0.29, 0.717) is 0 Å². The average Bonchev–Trinajstić information content (AvgIpc) is 2.28. The van der Waals surface area contributed by atoms with Crippen molar-refractivity contribution in [1.82, 2.24) is 0 Å². The minimum absolute atomic E-state index is 0.262. The van der Waals surface area contributed by atoms with Gasteiger partial charge in [0.25, 0.3) is 0 Å². The number of halogens is 3. The third-order valence-corrected chi connectivity index (χ3v) is 2.35. The second-order valence-corrected chi connectivity index (χ2v) is 4.03. The van der Waals surface area contributed by atoms with E-state index in [4.69, 9.17) is 0 Å². The van der Waals surface area contributed by atoms with E-state index in [2.05, 4.69) is 16.4 Å². The first-order valence-corrected chi connectivity index (χ1v) is 6.32. The topological polar surface area (TPSA) is 35.5 Å². The molecule has 0 radical (unpaired) electrons. The third kappa shape index (κ3) is 13.3. The molecule has 0 saturated heterocycles. The molecule has 0 atom stereocenters. The fourth-order valence-electron chi connectivity index (χ4n) is 1.43. The van der Waals surface area contributed by atoms with E-state index in [1.807, 2.05) is 0 Å². The Bertz CT molecular complexity index is 217. The van der Waals surface area contributed by atoms with Crippen molar-refractivity contribution in [2.75, 3.05) is 13.2 Å². The number of carbonyl (C=O) groups is 1. The van der Waals surface area contributed by atoms with Crippen LogP contribution >= 0.6 is 0 Å². The molecule has 6 heteroatoms. The zero-order chi connectivity index (χ0) is 13.9. The lowest BCUT2D eigenvalue weighted by Crippen LogP contribution is -2.18. The molecule has 0 aliphatic heterocycles. The van der Waals surface area contributed by atoms with Gasteiger partial charge < -0.3 is 4.74 Å². The SMILES string of the molecule is CCCCCCCCC(=O)OCCOC(F)(F)F. The van der Waals surface area contributed by atoms with Gasteiger partial charge in [0.15, 0.2) is 0 Å². The van der Waals surface area contributed by atoms with Crippen LogP contribution in [0, 0.1) is 0 Å². The van der Waals surface area contributed by atoms with Crippen LogP contribution in [-0.4, -0.2) is 25.5 Å². The highest BCUT2D eigenvalue weighted by Gasteiger charge is 2.28. The van der Waals surface area contributed by atoms with Crippen LogP contribution in [-0.2, 0) is 14.3 Å². The van der Waals surface area contributed by atoms with Gasteiger partial charge in [-0.3, -0.25) is 9.53 Å². The van der Waals surface area contributed by atoms with Gasteiger partial charge in [-0.25, -0.2) is 0 Å². The Morgan fingerprint density at radius 2 is 1.61 bits per heavy atom. The molecule has 0 aromatic rings. The van der Waals surface area contributed by atoms with E-state index in [1.165, 1.54) is 12.8 Å². The zero-order valence-corrected chi connectivity index (χ0v) is 10.7. The molecule has 0 N–H and O–H groups in total. The highest BCUT2D eigenvalue weighted by Crippen LogP contribution is 2.15. The molecule has 108 valence electrons. The molecule has 0 bridgehead atoms. The third-order valence-electron chi connectivity index (χ3n) is 2.35. The summed E-state index contributed by atoms with van der Waals surface area (Å²) in [6, 6.07) is 0. The summed E-state index contributed by atoms with van der Waals surface area (Å²) in [5, 5.41) is 0. The molecule has 18 heavy (non-hydrogen) atoms. The summed E-state index contributed by atoms with van der Waals surface area (Å²) in [6.07, 6.45) is 1.88. The monoisotopic (exact) mass is 270 g/mol. The largest absolute Gasteiger partial charge is 0.522 e. The molecule has 0 aliphatic rings. The van der Waals surface area contributed by atoms with E-state index in [1.54, 1.807) is 0 Å². The Labute approximate surface area is 106 Å². The van der Waals surface area contributed by atoms with E-state index in [9.17, 15) is 18.0 Å². The van der Waals surface area contributed by atoms with Gasteiger partial charge in [-0.2, -0.15) is 0 Å². The molecule has 0 aliphatic carbocycles. The molecule has 0 unspecified atom stereocenters. The van der Waals surface area contributed by atoms with Gasteiger partial charge >= 0.3 is 12.3 Å². The van der Waals surface area contributed by atoms with Crippen molar-refractivity contribution in [3.05, 3.63) is 0 Å². The number of alkyl halides is 3. The van der Waals surface area contributed by atoms with Crippen molar-refractivity contribution in [2.45, 2.75) is 58.2 Å². The summed E-state index contributed by atoms with van der Waals surface area (Å²) in [5.41, 5.74) is 0. The average molecular weight is 270 g/mol. The van der Waals surface area contributed by atoms with E-state index < -0.39 is 18.9 Å². The van der Waals surface area contributed by atoms with Crippen molar-refractivity contribution < 1.29 is 27.4 Å². The molecule has 0 spiro atoms. The maximum atomic E-state index is 11.6. The lowest BCUT2D eigenvalue weighted by Gasteiger charge is -2.08. The fourth-order valence-corrected chi connectivity index (χ4v) is 1.43. The van der Waals surface area contributed by atoms with Crippen LogP contribution in [0.3, 0.4) is 0 Å². The van der Waals surface area contributed by atoms with Gasteiger partial charge in [0.2, 0.25) is 0 Å². The minimum atomic E-state index is -4.66. The molecular formula is C12H21F3O3. The second-order valence-electron chi connectivity index (χ2n) is 4.03. The maximum Gasteiger partial charge on any atom is 0.522 e. The predicted octanol–water partition coefficient (Wildman–Crippen LogP) is 3.82. The van der Waals surface area contributed by atoms with Crippen molar-refractivity contribution in [1.29, 1.82) is 0 Å². The summed E-state index contributed by atoms with van der Waals surface area (Å²) in [5.74, 6) is -0.462. The number of rotatable bonds is 10. The lowest BCUT2D eigenvalue weighted by molar-refractivity contribution is -0.326. The molecule has 3 nitrogen and oxygen atoms in total. The molecule has 0 saturated carbocycles. The van der Waals surface area contributed by atoms with E-state index in [0.717, 1.165) is 25.7 Å². The molecule has 0 heterocycles. The van der Waals surface area contributed by atoms with Crippen LogP contribution in [0.1, 0.15) is 51.9 Å². The highest BCUT2D eigenvalue weighted by atomic mass is 19.4. The Morgan fingerprint density at radius 3 is 2.22 bits per heavy atom. The molecule has 0 fully saturated rings. The van der Waals surface area contributed by atoms with Gasteiger partial charge in [0, 0.05) is 6.42 Å². The predicted molar refractivity (Wildman–Crippen MR) is 61.0 cm³/mol. The minimum Gasteiger partial charge on any atom is -0.463 e. The summed E-state index contributed by atoms with van der Waals surface area (Å²) in [4.78, 5) is 11.1. The first-order valence-electron chi connectivity index (χ1n) is 6.32. The van der Waals surface area contributed by atoms with Crippen LogP contribution in [0.25, 0.3) is 0 Å². The number of ether oxygens (including phenoxy) is 2. The Kier molecular flexibility index (Phi) is 9.73. The van der Waals surface area contributed by atoms with Crippen LogP contribution < -0.4 is 0 Å². The number of hydrogen-bond donors (Lipinski definition) is 0. The standard InChI is InChI=1S/C12H21F3O3/c1-2-3-4-5-6-7-8-11(16)17-9-10-18-12(13,14)15/h2-10H2,1H3. The molecule has 0 amide bonds. The summed E-state index contributed by atoms with van der Waals surface area (Å²) >= 11 is 0. The van der Waals surface area contributed by atoms with Gasteiger partial charge in [0.05, 0.1) is 6.61 Å². The Balaban J connectivity index is 3.28. The first kappa shape index (κ1) is 17.2. The molecule has 0 rings (SSSR count). The maximum absolute atomic E-state index is 11.6. The summed E-state index contributed by atoms with van der Waals surface area (Å²) in [7, 11) is 0.